The van der Waals surface area contributed by atoms with Crippen LogP contribution in [0, 0.1) is 0 Å². The van der Waals surface area contributed by atoms with E-state index in [-0.39, 0.29) is 17.0 Å². The Balaban J connectivity index is 2.01. The smallest absolute Gasteiger partial charge is 0.416 e. The van der Waals surface area contributed by atoms with Gasteiger partial charge in [-0.25, -0.2) is 14.5 Å². The fourth-order valence-electron chi connectivity index (χ4n) is 2.74. The number of carboxylic acids is 1. The number of amides is 4. The van der Waals surface area contributed by atoms with Gasteiger partial charge in [-0.1, -0.05) is 24.3 Å². The number of barbiturate groups is 1. The molecule has 2 aromatic carbocycles. The van der Waals surface area contributed by atoms with Crippen molar-refractivity contribution < 1.29 is 42.2 Å². The Morgan fingerprint density at radius 3 is 2.48 bits per heavy atom. The van der Waals surface area contributed by atoms with Crippen LogP contribution in [0.25, 0.3) is 6.08 Å². The van der Waals surface area contributed by atoms with Crippen LogP contribution in [0.3, 0.4) is 0 Å². The lowest BCUT2D eigenvalue weighted by Crippen LogP contribution is -2.54. The molecule has 8 nitrogen and oxygen atoms in total. The first kappa shape index (κ1) is 21.6. The number of nitrogens with zero attached hydrogens (tertiary/aromatic N) is 1. The highest BCUT2D eigenvalue weighted by molar-refractivity contribution is 6.39. The Kier molecular flexibility index (Phi) is 5.77. The molecule has 0 saturated carbocycles. The zero-order chi connectivity index (χ0) is 22.8. The summed E-state index contributed by atoms with van der Waals surface area (Å²) in [4.78, 5) is 48.4. The number of hydrogen-bond acceptors (Lipinski definition) is 5. The summed E-state index contributed by atoms with van der Waals surface area (Å²) in [6, 6.07) is 8.19. The average Bonchev–Trinajstić information content (AvgIpc) is 2.69. The van der Waals surface area contributed by atoms with Gasteiger partial charge in [-0.05, 0) is 30.3 Å². The Bertz CT molecular complexity index is 1110. The molecule has 0 radical (unpaired) electrons. The van der Waals surface area contributed by atoms with Crippen LogP contribution in [0.1, 0.15) is 11.1 Å². The van der Waals surface area contributed by atoms with Gasteiger partial charge in [0.1, 0.15) is 11.3 Å². The molecule has 1 saturated heterocycles. The summed E-state index contributed by atoms with van der Waals surface area (Å²) in [6.45, 7) is -0.685. The third-order valence-corrected chi connectivity index (χ3v) is 4.10. The number of carboxylic acid groups (broad SMARTS) is 1. The van der Waals surface area contributed by atoms with E-state index in [0.717, 1.165) is 24.3 Å². The zero-order valence-corrected chi connectivity index (χ0v) is 15.5. The summed E-state index contributed by atoms with van der Waals surface area (Å²) in [5, 5.41) is 10.7. The number of anilines is 1. The van der Waals surface area contributed by atoms with E-state index >= 15 is 0 Å². The van der Waals surface area contributed by atoms with Crippen molar-refractivity contribution in [3.8, 4) is 5.75 Å². The second-order valence-electron chi connectivity index (χ2n) is 6.23. The van der Waals surface area contributed by atoms with Crippen molar-refractivity contribution in [1.29, 1.82) is 0 Å². The number of carbonyl (C=O) groups excluding carboxylic acids is 3. The maximum atomic E-state index is 13.0. The summed E-state index contributed by atoms with van der Waals surface area (Å²) in [7, 11) is 0. The van der Waals surface area contributed by atoms with Gasteiger partial charge in [-0.2, -0.15) is 13.2 Å². The van der Waals surface area contributed by atoms with Gasteiger partial charge in [0, 0.05) is 5.56 Å². The molecule has 0 aliphatic carbocycles. The van der Waals surface area contributed by atoms with Gasteiger partial charge in [0.25, 0.3) is 11.8 Å². The van der Waals surface area contributed by atoms with E-state index in [1.807, 2.05) is 5.32 Å². The maximum absolute atomic E-state index is 13.0. The van der Waals surface area contributed by atoms with E-state index in [2.05, 4.69) is 0 Å². The first-order valence-electron chi connectivity index (χ1n) is 8.60. The molecule has 0 unspecified atom stereocenters. The number of ether oxygens (including phenoxy) is 1. The van der Waals surface area contributed by atoms with Gasteiger partial charge in [0.15, 0.2) is 6.61 Å². The van der Waals surface area contributed by atoms with E-state index in [1.54, 1.807) is 0 Å². The van der Waals surface area contributed by atoms with Gasteiger partial charge >= 0.3 is 18.2 Å². The topological polar surface area (TPSA) is 113 Å². The largest absolute Gasteiger partial charge is 0.481 e. The molecule has 1 fully saturated rings. The standard InChI is InChI=1S/C20H13F3N2O6/c21-20(22,23)12-5-3-6-13(9-12)25-18(29)14(17(28)24-19(25)30)8-11-4-1-2-7-15(11)31-10-16(26)27/h1-9H,10H2,(H,26,27)(H,24,28,30)/b14-8+. The molecule has 0 bridgehead atoms. The van der Waals surface area contributed by atoms with E-state index in [1.165, 1.54) is 24.3 Å². The summed E-state index contributed by atoms with van der Waals surface area (Å²) >= 11 is 0. The molecule has 1 heterocycles. The summed E-state index contributed by atoms with van der Waals surface area (Å²) in [6.07, 6.45) is -3.65. The van der Waals surface area contributed by atoms with Gasteiger partial charge in [-0.3, -0.25) is 14.9 Å². The second kappa shape index (κ2) is 8.30. The number of hydrogen-bond donors (Lipinski definition) is 2. The average molecular weight is 434 g/mol. The number of nitrogens with one attached hydrogen (secondary N) is 1. The van der Waals surface area contributed by atoms with Gasteiger partial charge in [0.2, 0.25) is 0 Å². The molecule has 1 aliphatic heterocycles. The van der Waals surface area contributed by atoms with Gasteiger partial charge in [0.05, 0.1) is 11.3 Å². The van der Waals surface area contributed by atoms with Crippen molar-refractivity contribution in [3.63, 3.8) is 0 Å². The minimum atomic E-state index is -4.71. The van der Waals surface area contributed by atoms with Crippen LogP contribution in [0.4, 0.5) is 23.7 Å². The lowest BCUT2D eigenvalue weighted by atomic mass is 10.1. The fourth-order valence-corrected chi connectivity index (χ4v) is 2.74. The number of urea groups is 1. The molecule has 2 N–H and O–H groups in total. The highest BCUT2D eigenvalue weighted by Gasteiger charge is 2.38. The van der Waals surface area contributed by atoms with E-state index in [4.69, 9.17) is 9.84 Å². The lowest BCUT2D eigenvalue weighted by Gasteiger charge is -2.27. The molecule has 3 rings (SSSR count). The zero-order valence-electron chi connectivity index (χ0n) is 15.5. The third-order valence-electron chi connectivity index (χ3n) is 4.10. The van der Waals surface area contributed by atoms with Crippen LogP contribution < -0.4 is 15.0 Å². The molecule has 31 heavy (non-hydrogen) atoms. The summed E-state index contributed by atoms with van der Waals surface area (Å²) in [5.41, 5.74) is -1.87. The number of halogens is 3. The minimum absolute atomic E-state index is 0.0421. The van der Waals surface area contributed by atoms with Gasteiger partial charge < -0.3 is 9.84 Å². The monoisotopic (exact) mass is 434 g/mol. The molecule has 0 atom stereocenters. The van der Waals surface area contributed by atoms with Gasteiger partial charge in [-0.15, -0.1) is 0 Å². The molecule has 2 aromatic rings. The molecule has 0 spiro atoms. The van der Waals surface area contributed by atoms with Crippen molar-refractivity contribution >= 4 is 35.6 Å². The number of imide groups is 2. The normalized spacial score (nSPS) is 15.8. The second-order valence-corrected chi connectivity index (χ2v) is 6.23. The van der Waals surface area contributed by atoms with Crippen molar-refractivity contribution in [2.75, 3.05) is 11.5 Å². The van der Waals surface area contributed by atoms with Crippen molar-refractivity contribution in [2.45, 2.75) is 6.18 Å². The maximum Gasteiger partial charge on any atom is 0.416 e. The highest BCUT2D eigenvalue weighted by Crippen LogP contribution is 2.33. The highest BCUT2D eigenvalue weighted by atomic mass is 19.4. The van der Waals surface area contributed by atoms with Crippen LogP contribution in [-0.2, 0) is 20.6 Å². The molecule has 160 valence electrons. The minimum Gasteiger partial charge on any atom is -0.481 e. The van der Waals surface area contributed by atoms with Crippen molar-refractivity contribution in [2.24, 2.45) is 0 Å². The first-order valence-corrected chi connectivity index (χ1v) is 8.60. The summed E-state index contributed by atoms with van der Waals surface area (Å²) in [5.74, 6) is -3.43. The number of para-hydroxylation sites is 1. The van der Waals surface area contributed by atoms with Crippen LogP contribution in [0.5, 0.6) is 5.75 Å². The quantitative estimate of drug-likeness (QED) is 0.553. The molecular weight excluding hydrogens is 421 g/mol. The van der Waals surface area contributed by atoms with E-state index < -0.39 is 47.7 Å². The fraction of sp³-hybridized carbons (Fsp3) is 0.100. The number of alkyl halides is 3. The van der Waals surface area contributed by atoms with Crippen LogP contribution >= 0.6 is 0 Å². The lowest BCUT2D eigenvalue weighted by molar-refractivity contribution is -0.139. The number of carbonyl (C=O) groups is 4. The number of benzene rings is 2. The third kappa shape index (κ3) is 4.71. The molecular formula is C20H13F3N2O6. The number of rotatable bonds is 5. The Labute approximate surface area is 172 Å². The predicted octanol–water partition coefficient (Wildman–Crippen LogP) is 2.84. The molecule has 4 amide bonds. The first-order chi connectivity index (χ1) is 14.6. The van der Waals surface area contributed by atoms with Crippen LogP contribution in [-0.4, -0.2) is 35.5 Å². The predicted molar refractivity (Wildman–Crippen MR) is 100 cm³/mol. The molecule has 11 heteroatoms. The Morgan fingerprint density at radius 2 is 1.81 bits per heavy atom. The molecule has 1 aliphatic rings. The summed E-state index contributed by atoms with van der Waals surface area (Å²) < 4.78 is 44.1. The molecule has 0 aromatic heterocycles. The van der Waals surface area contributed by atoms with Crippen molar-refractivity contribution in [3.05, 3.63) is 65.2 Å². The SMILES string of the molecule is O=C(O)COc1ccccc1/C=C1\C(=O)NC(=O)N(c2cccc(C(F)(F)F)c2)C1=O. The Morgan fingerprint density at radius 1 is 1.10 bits per heavy atom. The van der Waals surface area contributed by atoms with Crippen LogP contribution in [0.2, 0.25) is 0 Å². The van der Waals surface area contributed by atoms with E-state index in [0.29, 0.717) is 11.0 Å². The van der Waals surface area contributed by atoms with Crippen LogP contribution in [0.15, 0.2) is 54.1 Å². The Hall–Kier alpha value is -4.15. The number of aliphatic carboxylic acids is 1. The van der Waals surface area contributed by atoms with Crippen molar-refractivity contribution in [1.82, 2.24) is 5.32 Å². The van der Waals surface area contributed by atoms with E-state index in [9.17, 15) is 32.3 Å².